The Hall–Kier alpha value is -1.06. The van der Waals surface area contributed by atoms with Gasteiger partial charge >= 0.3 is 0 Å². The van der Waals surface area contributed by atoms with Crippen molar-refractivity contribution in [2.45, 2.75) is 32.7 Å². The molecule has 1 N–H and O–H groups in total. The SMILES string of the molecule is COc1c(C)cc(CCC2CN(C)CCN2)cc1C. The van der Waals surface area contributed by atoms with Gasteiger partial charge in [-0.1, -0.05) is 12.1 Å². The highest BCUT2D eigenvalue weighted by Crippen LogP contribution is 2.25. The van der Waals surface area contributed by atoms with Gasteiger partial charge in [-0.3, -0.25) is 0 Å². The maximum atomic E-state index is 5.42. The van der Waals surface area contributed by atoms with Crippen LogP contribution >= 0.6 is 0 Å². The van der Waals surface area contributed by atoms with Gasteiger partial charge in [0.15, 0.2) is 0 Å². The first-order valence-corrected chi connectivity index (χ1v) is 7.16. The number of hydrogen-bond donors (Lipinski definition) is 1. The summed E-state index contributed by atoms with van der Waals surface area (Å²) < 4.78 is 5.42. The number of rotatable bonds is 4. The third-order valence-electron chi connectivity index (χ3n) is 3.96. The first-order chi connectivity index (χ1) is 9.10. The van der Waals surface area contributed by atoms with E-state index in [1.807, 2.05) is 0 Å². The van der Waals surface area contributed by atoms with Crippen molar-refractivity contribution in [3.05, 3.63) is 28.8 Å². The normalized spacial score (nSPS) is 20.5. The average Bonchev–Trinajstić information content (AvgIpc) is 2.36. The van der Waals surface area contributed by atoms with E-state index in [1.165, 1.54) is 23.1 Å². The molecule has 106 valence electrons. The van der Waals surface area contributed by atoms with E-state index in [4.69, 9.17) is 4.74 Å². The van der Waals surface area contributed by atoms with Crippen molar-refractivity contribution >= 4 is 0 Å². The van der Waals surface area contributed by atoms with Crippen molar-refractivity contribution in [2.75, 3.05) is 33.8 Å². The summed E-state index contributed by atoms with van der Waals surface area (Å²) in [6, 6.07) is 5.15. The number of methoxy groups -OCH3 is 1. The first-order valence-electron chi connectivity index (χ1n) is 7.16. The van der Waals surface area contributed by atoms with Gasteiger partial charge in [0.1, 0.15) is 5.75 Å². The maximum Gasteiger partial charge on any atom is 0.124 e. The standard InChI is InChI=1S/C16H26N2O/c1-12-9-14(10-13(2)16(12)19-4)5-6-15-11-18(3)8-7-17-15/h9-10,15,17H,5-8,11H2,1-4H3. The van der Waals surface area contributed by atoms with Crippen LogP contribution in [0.4, 0.5) is 0 Å². The summed E-state index contributed by atoms with van der Waals surface area (Å²) in [5, 5.41) is 3.61. The molecule has 3 heteroatoms. The summed E-state index contributed by atoms with van der Waals surface area (Å²) in [5.41, 5.74) is 3.91. The van der Waals surface area contributed by atoms with Gasteiger partial charge in [-0.05, 0) is 50.4 Å². The Morgan fingerprint density at radius 3 is 2.58 bits per heavy atom. The highest BCUT2D eigenvalue weighted by Gasteiger charge is 2.16. The summed E-state index contributed by atoms with van der Waals surface area (Å²) >= 11 is 0. The summed E-state index contributed by atoms with van der Waals surface area (Å²) in [6.45, 7) is 7.69. The summed E-state index contributed by atoms with van der Waals surface area (Å²) in [5.74, 6) is 1.03. The number of piperazine rings is 1. The van der Waals surface area contributed by atoms with Gasteiger partial charge in [0.25, 0.3) is 0 Å². The lowest BCUT2D eigenvalue weighted by atomic mass is 9.99. The molecule has 1 fully saturated rings. The molecule has 1 aromatic rings. The predicted molar refractivity (Wildman–Crippen MR) is 80.1 cm³/mol. The first kappa shape index (κ1) is 14.4. The third-order valence-corrected chi connectivity index (χ3v) is 3.96. The molecule has 1 atom stereocenters. The largest absolute Gasteiger partial charge is 0.496 e. The van der Waals surface area contributed by atoms with Gasteiger partial charge < -0.3 is 15.0 Å². The highest BCUT2D eigenvalue weighted by molar-refractivity contribution is 5.43. The molecule has 0 spiro atoms. The van der Waals surface area contributed by atoms with E-state index in [0.29, 0.717) is 6.04 Å². The van der Waals surface area contributed by atoms with Gasteiger partial charge in [0.2, 0.25) is 0 Å². The van der Waals surface area contributed by atoms with Crippen LogP contribution in [-0.2, 0) is 6.42 Å². The molecule has 0 aromatic heterocycles. The van der Waals surface area contributed by atoms with Gasteiger partial charge in [0.05, 0.1) is 7.11 Å². The van der Waals surface area contributed by atoms with E-state index in [-0.39, 0.29) is 0 Å². The molecule has 0 bridgehead atoms. The number of aryl methyl sites for hydroxylation is 3. The van der Waals surface area contributed by atoms with Crippen LogP contribution < -0.4 is 10.1 Å². The third kappa shape index (κ3) is 3.71. The quantitative estimate of drug-likeness (QED) is 0.900. The Kier molecular flexibility index (Phi) is 4.83. The number of ether oxygens (including phenoxy) is 1. The predicted octanol–water partition coefficient (Wildman–Crippen LogP) is 2.15. The smallest absolute Gasteiger partial charge is 0.124 e. The van der Waals surface area contributed by atoms with Crippen molar-refractivity contribution in [1.82, 2.24) is 10.2 Å². The Morgan fingerprint density at radius 1 is 1.32 bits per heavy atom. The second kappa shape index (κ2) is 6.40. The van der Waals surface area contributed by atoms with Crippen LogP contribution in [0.5, 0.6) is 5.75 Å². The van der Waals surface area contributed by atoms with Crippen LogP contribution in [0.3, 0.4) is 0 Å². The monoisotopic (exact) mass is 262 g/mol. The molecule has 2 rings (SSSR count). The van der Waals surface area contributed by atoms with Crippen molar-refractivity contribution in [3.63, 3.8) is 0 Å². The minimum absolute atomic E-state index is 0.626. The van der Waals surface area contributed by atoms with Gasteiger partial charge in [-0.25, -0.2) is 0 Å². The summed E-state index contributed by atoms with van der Waals surface area (Å²) in [7, 11) is 3.95. The molecule has 1 unspecified atom stereocenters. The fourth-order valence-electron chi connectivity index (χ4n) is 3.03. The van der Waals surface area contributed by atoms with Crippen LogP contribution in [0.25, 0.3) is 0 Å². The fraction of sp³-hybridized carbons (Fsp3) is 0.625. The van der Waals surface area contributed by atoms with Crippen LogP contribution in [0.15, 0.2) is 12.1 Å². The zero-order valence-corrected chi connectivity index (χ0v) is 12.6. The van der Waals surface area contributed by atoms with Crippen LogP contribution in [0.2, 0.25) is 0 Å². The molecule has 0 amide bonds. The molecular formula is C16H26N2O. The van der Waals surface area contributed by atoms with Gasteiger partial charge in [0, 0.05) is 25.7 Å². The zero-order valence-electron chi connectivity index (χ0n) is 12.6. The van der Waals surface area contributed by atoms with Crippen molar-refractivity contribution in [1.29, 1.82) is 0 Å². The highest BCUT2D eigenvalue weighted by atomic mass is 16.5. The lowest BCUT2D eigenvalue weighted by Crippen LogP contribution is -2.49. The molecule has 1 aromatic carbocycles. The number of nitrogens with one attached hydrogen (secondary N) is 1. The fourth-order valence-corrected chi connectivity index (χ4v) is 3.03. The molecule has 0 aliphatic carbocycles. The summed E-state index contributed by atoms with van der Waals surface area (Å²) in [4.78, 5) is 2.41. The van der Waals surface area contributed by atoms with Crippen LogP contribution in [0, 0.1) is 13.8 Å². The topological polar surface area (TPSA) is 24.5 Å². The molecule has 1 aliphatic heterocycles. The molecule has 1 saturated heterocycles. The molecule has 0 saturated carbocycles. The second-order valence-electron chi connectivity index (χ2n) is 5.71. The van der Waals surface area contributed by atoms with E-state index >= 15 is 0 Å². The van der Waals surface area contributed by atoms with Crippen molar-refractivity contribution in [2.24, 2.45) is 0 Å². The Balaban J connectivity index is 1.96. The number of hydrogen-bond acceptors (Lipinski definition) is 3. The van der Waals surface area contributed by atoms with E-state index in [0.717, 1.165) is 31.8 Å². The lowest BCUT2D eigenvalue weighted by Gasteiger charge is -2.31. The van der Waals surface area contributed by atoms with E-state index in [2.05, 4.69) is 43.2 Å². The van der Waals surface area contributed by atoms with E-state index in [9.17, 15) is 0 Å². The Bertz CT molecular complexity index is 408. The molecule has 19 heavy (non-hydrogen) atoms. The zero-order chi connectivity index (χ0) is 13.8. The Morgan fingerprint density at radius 2 is 2.00 bits per heavy atom. The Labute approximate surface area is 116 Å². The maximum absolute atomic E-state index is 5.42. The molecule has 0 radical (unpaired) electrons. The number of benzene rings is 1. The average molecular weight is 262 g/mol. The van der Waals surface area contributed by atoms with Crippen molar-refractivity contribution in [3.8, 4) is 5.75 Å². The molecule has 1 aliphatic rings. The molecule has 1 heterocycles. The number of likely N-dealkylation sites (N-methyl/N-ethyl adjacent to an activating group) is 1. The number of nitrogens with zero attached hydrogens (tertiary/aromatic N) is 1. The second-order valence-corrected chi connectivity index (χ2v) is 5.71. The molecular weight excluding hydrogens is 236 g/mol. The van der Waals surface area contributed by atoms with Crippen molar-refractivity contribution < 1.29 is 4.74 Å². The van der Waals surface area contributed by atoms with Crippen LogP contribution in [0.1, 0.15) is 23.1 Å². The van der Waals surface area contributed by atoms with Crippen LogP contribution in [-0.4, -0.2) is 44.7 Å². The lowest BCUT2D eigenvalue weighted by molar-refractivity contribution is 0.232. The molecule has 3 nitrogen and oxygen atoms in total. The minimum atomic E-state index is 0.626. The van der Waals surface area contributed by atoms with Gasteiger partial charge in [-0.2, -0.15) is 0 Å². The summed E-state index contributed by atoms with van der Waals surface area (Å²) in [6.07, 6.45) is 2.34. The van der Waals surface area contributed by atoms with Gasteiger partial charge in [-0.15, -0.1) is 0 Å². The van der Waals surface area contributed by atoms with E-state index < -0.39 is 0 Å². The van der Waals surface area contributed by atoms with E-state index in [1.54, 1.807) is 7.11 Å². The minimum Gasteiger partial charge on any atom is -0.496 e.